The van der Waals surface area contributed by atoms with Gasteiger partial charge < -0.3 is 5.11 Å². The van der Waals surface area contributed by atoms with E-state index < -0.39 is 0 Å². The van der Waals surface area contributed by atoms with Gasteiger partial charge in [-0.1, -0.05) is 74.7 Å². The second kappa shape index (κ2) is 14.3. The third kappa shape index (κ3) is 6.74. The van der Waals surface area contributed by atoms with E-state index in [1.807, 2.05) is 27.7 Å². The molecule has 0 aromatic rings. The zero-order chi connectivity index (χ0) is 18.6. The van der Waals surface area contributed by atoms with Crippen molar-refractivity contribution in [2.75, 3.05) is 7.05 Å². The van der Waals surface area contributed by atoms with Crippen LogP contribution in [0, 0.1) is 23.7 Å². The van der Waals surface area contributed by atoms with Gasteiger partial charge in [-0.2, -0.15) is 0 Å². The van der Waals surface area contributed by atoms with Crippen LogP contribution in [0.5, 0.6) is 0 Å². The van der Waals surface area contributed by atoms with E-state index >= 15 is 0 Å². The van der Waals surface area contributed by atoms with E-state index in [-0.39, 0.29) is 6.23 Å². The fourth-order valence-electron chi connectivity index (χ4n) is 4.24. The van der Waals surface area contributed by atoms with Crippen molar-refractivity contribution < 1.29 is 5.11 Å². The zero-order valence-electron chi connectivity index (χ0n) is 17.9. The molecule has 1 N–H and O–H groups in total. The lowest BCUT2D eigenvalue weighted by molar-refractivity contribution is -0.143. The molecule has 0 aliphatic carbocycles. The first kappa shape index (κ1) is 25.2. The van der Waals surface area contributed by atoms with E-state index in [1.165, 1.54) is 25.7 Å². The molecule has 1 fully saturated rings. The lowest BCUT2D eigenvalue weighted by Gasteiger charge is -2.52. The molecule has 142 valence electrons. The van der Waals surface area contributed by atoms with E-state index in [0.717, 1.165) is 18.3 Å². The maximum absolute atomic E-state index is 10.7. The summed E-state index contributed by atoms with van der Waals surface area (Å²) in [5.41, 5.74) is 0. The van der Waals surface area contributed by atoms with Crippen LogP contribution in [0.25, 0.3) is 0 Å². The van der Waals surface area contributed by atoms with Gasteiger partial charge >= 0.3 is 0 Å². The average Bonchev–Trinajstić information content (AvgIpc) is 2.60. The number of likely N-dealkylation sites (tertiary alicyclic amines) is 1. The monoisotopic (exact) mass is 329 g/mol. The van der Waals surface area contributed by atoms with Crippen LogP contribution < -0.4 is 0 Å². The normalized spacial score (nSPS) is 32.2. The Hall–Kier alpha value is -0.0800. The van der Waals surface area contributed by atoms with Crippen LogP contribution in [0.15, 0.2) is 0 Å². The lowest BCUT2D eigenvalue weighted by Crippen LogP contribution is -2.57. The van der Waals surface area contributed by atoms with Gasteiger partial charge in [-0.3, -0.25) is 4.90 Å². The molecule has 0 radical (unpaired) electrons. The van der Waals surface area contributed by atoms with Gasteiger partial charge in [-0.05, 0) is 44.6 Å². The SMILES string of the molecule is CC.CC.CCCC1C(C(C)CC)C(CCC)C(O)N(C)C1C. The predicted molar refractivity (Wildman–Crippen MR) is 106 cm³/mol. The smallest absolute Gasteiger partial charge is 0.110 e. The highest BCUT2D eigenvalue weighted by Crippen LogP contribution is 2.44. The second-order valence-corrected chi connectivity index (χ2v) is 6.69. The summed E-state index contributed by atoms with van der Waals surface area (Å²) in [6.45, 7) is 19.5. The summed E-state index contributed by atoms with van der Waals surface area (Å²) in [6, 6.07) is 0.502. The Morgan fingerprint density at radius 3 is 1.74 bits per heavy atom. The van der Waals surface area contributed by atoms with E-state index in [0.29, 0.717) is 17.9 Å². The fourth-order valence-corrected chi connectivity index (χ4v) is 4.24. The van der Waals surface area contributed by atoms with Crippen molar-refractivity contribution in [3.63, 3.8) is 0 Å². The van der Waals surface area contributed by atoms with E-state index in [2.05, 4.69) is 46.6 Å². The van der Waals surface area contributed by atoms with Crippen LogP contribution in [0.3, 0.4) is 0 Å². The summed E-state index contributed by atoms with van der Waals surface area (Å²) in [6.07, 6.45) is 5.87. The Labute approximate surface area is 148 Å². The highest BCUT2D eigenvalue weighted by Gasteiger charge is 2.45. The van der Waals surface area contributed by atoms with Crippen LogP contribution >= 0.6 is 0 Å². The van der Waals surface area contributed by atoms with Gasteiger partial charge in [-0.25, -0.2) is 0 Å². The van der Waals surface area contributed by atoms with Gasteiger partial charge in [0.15, 0.2) is 0 Å². The summed E-state index contributed by atoms with van der Waals surface area (Å²) >= 11 is 0. The highest BCUT2D eigenvalue weighted by molar-refractivity contribution is 4.94. The van der Waals surface area contributed by atoms with Crippen LogP contribution in [-0.2, 0) is 0 Å². The van der Waals surface area contributed by atoms with Gasteiger partial charge in [0.2, 0.25) is 0 Å². The van der Waals surface area contributed by atoms with Gasteiger partial charge in [-0.15, -0.1) is 0 Å². The maximum atomic E-state index is 10.7. The molecule has 0 spiro atoms. The summed E-state index contributed by atoms with van der Waals surface area (Å²) in [4.78, 5) is 2.22. The first-order chi connectivity index (χ1) is 11.0. The topological polar surface area (TPSA) is 23.5 Å². The molecule has 1 heterocycles. The summed E-state index contributed by atoms with van der Waals surface area (Å²) in [7, 11) is 2.10. The predicted octanol–water partition coefficient (Wildman–Crippen LogP) is 6.19. The molecular weight excluding hydrogens is 282 g/mol. The Kier molecular flexibility index (Phi) is 15.6. The number of nitrogens with zero attached hydrogens (tertiary/aromatic N) is 1. The Balaban J connectivity index is 0. The van der Waals surface area contributed by atoms with Crippen LogP contribution in [0.4, 0.5) is 0 Å². The number of hydrogen-bond donors (Lipinski definition) is 1. The van der Waals surface area contributed by atoms with Crippen molar-refractivity contribution in [2.24, 2.45) is 23.7 Å². The van der Waals surface area contributed by atoms with Crippen molar-refractivity contribution >= 4 is 0 Å². The van der Waals surface area contributed by atoms with Gasteiger partial charge in [0.25, 0.3) is 0 Å². The Bertz CT molecular complexity index is 236. The van der Waals surface area contributed by atoms with Crippen molar-refractivity contribution in [1.82, 2.24) is 4.90 Å². The summed E-state index contributed by atoms with van der Waals surface area (Å²) in [5.74, 6) is 2.60. The Morgan fingerprint density at radius 2 is 1.35 bits per heavy atom. The summed E-state index contributed by atoms with van der Waals surface area (Å²) in [5, 5.41) is 10.7. The van der Waals surface area contributed by atoms with Crippen molar-refractivity contribution in [3.05, 3.63) is 0 Å². The molecule has 6 atom stereocenters. The average molecular weight is 330 g/mol. The standard InChI is InChI=1S/C17H35NO.2C2H6/c1-7-10-14-13(5)18(6)17(19)15(11-8-2)16(14)12(4)9-3;2*1-2/h12-17,19H,7-11H2,1-6H3;2*1-2H3. The van der Waals surface area contributed by atoms with Crippen molar-refractivity contribution in [3.8, 4) is 0 Å². The molecule has 2 heteroatoms. The van der Waals surface area contributed by atoms with Gasteiger partial charge in [0, 0.05) is 12.0 Å². The van der Waals surface area contributed by atoms with Crippen LogP contribution in [-0.4, -0.2) is 29.3 Å². The zero-order valence-corrected chi connectivity index (χ0v) is 17.9. The van der Waals surface area contributed by atoms with Crippen molar-refractivity contribution in [2.45, 2.75) is 107 Å². The minimum absolute atomic E-state index is 0.248. The first-order valence-electron chi connectivity index (χ1n) is 10.4. The van der Waals surface area contributed by atoms with Gasteiger partial charge in [0.1, 0.15) is 6.23 Å². The maximum Gasteiger partial charge on any atom is 0.110 e. The number of hydrogen-bond acceptors (Lipinski definition) is 2. The van der Waals surface area contributed by atoms with Crippen molar-refractivity contribution in [1.29, 1.82) is 0 Å². The molecule has 1 rings (SSSR count). The molecule has 0 aromatic heterocycles. The molecule has 0 bridgehead atoms. The molecular formula is C21H47NO. The molecule has 23 heavy (non-hydrogen) atoms. The molecule has 1 aliphatic rings. The number of piperidine rings is 1. The van der Waals surface area contributed by atoms with Gasteiger partial charge in [0.05, 0.1) is 0 Å². The first-order valence-corrected chi connectivity index (χ1v) is 10.4. The van der Waals surface area contributed by atoms with E-state index in [4.69, 9.17) is 0 Å². The second-order valence-electron chi connectivity index (χ2n) is 6.69. The van der Waals surface area contributed by atoms with E-state index in [9.17, 15) is 5.11 Å². The molecule has 0 saturated carbocycles. The third-order valence-electron chi connectivity index (χ3n) is 5.60. The minimum Gasteiger partial charge on any atom is -0.378 e. The molecule has 1 saturated heterocycles. The number of rotatable bonds is 6. The largest absolute Gasteiger partial charge is 0.378 e. The molecule has 0 amide bonds. The Morgan fingerprint density at radius 1 is 0.913 bits per heavy atom. The van der Waals surface area contributed by atoms with E-state index in [1.54, 1.807) is 0 Å². The molecule has 1 aliphatic heterocycles. The number of aliphatic hydroxyl groups is 1. The lowest BCUT2D eigenvalue weighted by atomic mass is 9.64. The quantitative estimate of drug-likeness (QED) is 0.628. The highest BCUT2D eigenvalue weighted by atomic mass is 16.3. The third-order valence-corrected chi connectivity index (χ3v) is 5.60. The molecule has 0 aromatic carbocycles. The fraction of sp³-hybridized carbons (Fsp3) is 1.00. The molecule has 6 unspecified atom stereocenters. The minimum atomic E-state index is -0.248. The van der Waals surface area contributed by atoms with Crippen LogP contribution in [0.2, 0.25) is 0 Å². The number of aliphatic hydroxyl groups excluding tert-OH is 1. The molecule has 2 nitrogen and oxygen atoms in total. The summed E-state index contributed by atoms with van der Waals surface area (Å²) < 4.78 is 0. The van der Waals surface area contributed by atoms with Crippen LogP contribution in [0.1, 0.15) is 94.4 Å².